The van der Waals surface area contributed by atoms with Crippen LogP contribution in [0.4, 0.5) is 4.79 Å². The minimum absolute atomic E-state index is 0.0577. The molecule has 0 saturated heterocycles. The number of ether oxygens (including phenoxy) is 1. The first-order valence-electron chi connectivity index (χ1n) is 8.23. The molecule has 0 radical (unpaired) electrons. The van der Waals surface area contributed by atoms with Crippen LogP contribution in [0.1, 0.15) is 44.6 Å². The van der Waals surface area contributed by atoms with E-state index in [2.05, 4.69) is 12.2 Å². The number of alkyl carbamates (subject to hydrolysis) is 1. The zero-order valence-corrected chi connectivity index (χ0v) is 13.5. The van der Waals surface area contributed by atoms with Gasteiger partial charge in [-0.15, -0.1) is 0 Å². The first kappa shape index (κ1) is 17.3. The molecule has 126 valence electrons. The van der Waals surface area contributed by atoms with Gasteiger partial charge in [-0.2, -0.15) is 0 Å². The van der Waals surface area contributed by atoms with Gasteiger partial charge in [0.25, 0.3) is 0 Å². The van der Waals surface area contributed by atoms with E-state index in [1.165, 1.54) is 6.42 Å². The van der Waals surface area contributed by atoms with Gasteiger partial charge >= 0.3 is 12.1 Å². The molecule has 0 bridgehead atoms. The highest BCUT2D eigenvalue weighted by Gasteiger charge is 2.29. The number of aliphatic carboxylic acids is 1. The van der Waals surface area contributed by atoms with Crippen LogP contribution in [0.2, 0.25) is 0 Å². The smallest absolute Gasteiger partial charge is 0.407 e. The van der Waals surface area contributed by atoms with Gasteiger partial charge in [0.15, 0.2) is 0 Å². The molecule has 1 saturated carbocycles. The number of benzene rings is 1. The number of nitrogens with one attached hydrogen (secondary N) is 1. The van der Waals surface area contributed by atoms with Gasteiger partial charge in [-0.1, -0.05) is 50.1 Å². The maximum Gasteiger partial charge on any atom is 0.407 e. The Bertz CT molecular complexity index is 517. The second-order valence-electron chi connectivity index (χ2n) is 6.44. The number of carbonyl (C=O) groups excluding carboxylic acids is 1. The van der Waals surface area contributed by atoms with E-state index in [0.717, 1.165) is 24.8 Å². The van der Waals surface area contributed by atoms with Gasteiger partial charge in [-0.3, -0.25) is 4.79 Å². The van der Waals surface area contributed by atoms with Crippen LogP contribution in [-0.4, -0.2) is 23.2 Å². The highest BCUT2D eigenvalue weighted by Crippen LogP contribution is 2.31. The van der Waals surface area contributed by atoms with Gasteiger partial charge in [0.05, 0.1) is 6.42 Å². The average Bonchev–Trinajstić information content (AvgIpc) is 2.53. The number of hydrogen-bond acceptors (Lipinski definition) is 3. The second kappa shape index (κ2) is 8.56. The molecule has 0 aliphatic heterocycles. The van der Waals surface area contributed by atoms with Crippen LogP contribution >= 0.6 is 0 Å². The van der Waals surface area contributed by atoms with Crippen molar-refractivity contribution in [1.29, 1.82) is 0 Å². The number of carboxylic acids is 1. The first-order chi connectivity index (χ1) is 11.0. The summed E-state index contributed by atoms with van der Waals surface area (Å²) in [7, 11) is 0. The molecule has 0 aromatic heterocycles. The SMILES string of the molecule is CC1CCCC([C@@H](CC(=O)O)NC(=O)OCc2ccccc2)C1. The van der Waals surface area contributed by atoms with Crippen molar-refractivity contribution in [1.82, 2.24) is 5.32 Å². The normalized spacial score (nSPS) is 22.1. The topological polar surface area (TPSA) is 75.6 Å². The third kappa shape index (κ3) is 5.93. The van der Waals surface area contributed by atoms with Crippen LogP contribution in [-0.2, 0) is 16.1 Å². The molecule has 2 rings (SSSR count). The lowest BCUT2D eigenvalue weighted by Crippen LogP contribution is -2.43. The predicted octanol–water partition coefficient (Wildman–Crippen LogP) is 3.58. The van der Waals surface area contributed by atoms with Crippen molar-refractivity contribution in [3.05, 3.63) is 35.9 Å². The second-order valence-corrected chi connectivity index (χ2v) is 6.44. The number of amides is 1. The standard InChI is InChI=1S/C18H25NO4/c1-13-6-5-9-15(10-13)16(11-17(20)21)19-18(22)23-12-14-7-3-2-4-8-14/h2-4,7-8,13,15-16H,5-6,9-12H2,1H3,(H,19,22)(H,20,21)/t13?,15?,16-/m1/s1. The van der Waals surface area contributed by atoms with Crippen molar-refractivity contribution in [2.75, 3.05) is 0 Å². The van der Waals surface area contributed by atoms with E-state index < -0.39 is 12.1 Å². The van der Waals surface area contributed by atoms with Gasteiger partial charge in [-0.25, -0.2) is 4.79 Å². The fourth-order valence-corrected chi connectivity index (χ4v) is 3.29. The van der Waals surface area contributed by atoms with Crippen molar-refractivity contribution >= 4 is 12.1 Å². The van der Waals surface area contributed by atoms with Crippen LogP contribution < -0.4 is 5.32 Å². The maximum atomic E-state index is 12.0. The Kier molecular flexibility index (Phi) is 6.44. The Balaban J connectivity index is 1.88. The van der Waals surface area contributed by atoms with E-state index >= 15 is 0 Å². The highest BCUT2D eigenvalue weighted by molar-refractivity contribution is 5.71. The Morgan fingerprint density at radius 2 is 2.04 bits per heavy atom. The lowest BCUT2D eigenvalue weighted by atomic mass is 9.78. The molecule has 1 aromatic carbocycles. The minimum atomic E-state index is -0.892. The molecule has 23 heavy (non-hydrogen) atoms. The molecular formula is C18H25NO4. The minimum Gasteiger partial charge on any atom is -0.481 e. The Morgan fingerprint density at radius 1 is 1.30 bits per heavy atom. The highest BCUT2D eigenvalue weighted by atomic mass is 16.5. The average molecular weight is 319 g/mol. The van der Waals surface area contributed by atoms with Crippen molar-refractivity contribution < 1.29 is 19.4 Å². The lowest BCUT2D eigenvalue weighted by molar-refractivity contribution is -0.138. The molecule has 1 fully saturated rings. The Morgan fingerprint density at radius 3 is 2.70 bits per heavy atom. The number of hydrogen-bond donors (Lipinski definition) is 2. The van der Waals surface area contributed by atoms with Gasteiger partial charge in [0.1, 0.15) is 6.61 Å². The maximum absolute atomic E-state index is 12.0. The quantitative estimate of drug-likeness (QED) is 0.840. The fraction of sp³-hybridized carbons (Fsp3) is 0.556. The van der Waals surface area contributed by atoms with Crippen molar-refractivity contribution in [2.24, 2.45) is 11.8 Å². The van der Waals surface area contributed by atoms with Gasteiger partial charge in [0.2, 0.25) is 0 Å². The zero-order chi connectivity index (χ0) is 16.7. The largest absolute Gasteiger partial charge is 0.481 e. The molecule has 1 aliphatic carbocycles. The van der Waals surface area contributed by atoms with E-state index in [-0.39, 0.29) is 25.0 Å². The fourth-order valence-electron chi connectivity index (χ4n) is 3.29. The summed E-state index contributed by atoms with van der Waals surface area (Å²) in [6.45, 7) is 2.37. The summed E-state index contributed by atoms with van der Waals surface area (Å²) in [5, 5.41) is 11.9. The van der Waals surface area contributed by atoms with E-state index in [0.29, 0.717) is 5.92 Å². The summed E-state index contributed by atoms with van der Waals surface area (Å²) >= 11 is 0. The summed E-state index contributed by atoms with van der Waals surface area (Å²) in [6.07, 6.45) is 3.58. The van der Waals surface area contributed by atoms with E-state index in [9.17, 15) is 9.59 Å². The van der Waals surface area contributed by atoms with Crippen molar-refractivity contribution in [2.45, 2.75) is 51.7 Å². The van der Waals surface area contributed by atoms with Crippen LogP contribution in [0.15, 0.2) is 30.3 Å². The van der Waals surface area contributed by atoms with Gasteiger partial charge < -0.3 is 15.2 Å². The number of rotatable bonds is 6. The molecule has 5 nitrogen and oxygen atoms in total. The molecule has 3 atom stereocenters. The number of carboxylic acid groups (broad SMARTS) is 1. The molecular weight excluding hydrogens is 294 g/mol. The van der Waals surface area contributed by atoms with Gasteiger partial charge in [0, 0.05) is 6.04 Å². The summed E-state index contributed by atoms with van der Waals surface area (Å²) in [4.78, 5) is 23.1. The summed E-state index contributed by atoms with van der Waals surface area (Å²) < 4.78 is 5.21. The van der Waals surface area contributed by atoms with Crippen LogP contribution in [0.3, 0.4) is 0 Å². The van der Waals surface area contributed by atoms with Gasteiger partial charge in [-0.05, 0) is 30.2 Å². The zero-order valence-electron chi connectivity index (χ0n) is 13.5. The molecule has 1 aliphatic rings. The van der Waals surface area contributed by atoms with Crippen LogP contribution in [0, 0.1) is 11.8 Å². The third-order valence-corrected chi connectivity index (χ3v) is 4.46. The lowest BCUT2D eigenvalue weighted by Gasteiger charge is -2.32. The predicted molar refractivity (Wildman–Crippen MR) is 86.9 cm³/mol. The molecule has 1 amide bonds. The summed E-state index contributed by atoms with van der Waals surface area (Å²) in [6, 6.07) is 9.06. The van der Waals surface area contributed by atoms with Crippen LogP contribution in [0.25, 0.3) is 0 Å². The first-order valence-corrected chi connectivity index (χ1v) is 8.23. The van der Waals surface area contributed by atoms with Crippen molar-refractivity contribution in [3.63, 3.8) is 0 Å². The van der Waals surface area contributed by atoms with E-state index in [1.807, 2.05) is 30.3 Å². The van der Waals surface area contributed by atoms with Crippen LogP contribution in [0.5, 0.6) is 0 Å². The molecule has 0 heterocycles. The summed E-state index contributed by atoms with van der Waals surface area (Å²) in [5.41, 5.74) is 0.906. The monoisotopic (exact) mass is 319 g/mol. The van der Waals surface area contributed by atoms with E-state index in [1.54, 1.807) is 0 Å². The third-order valence-electron chi connectivity index (χ3n) is 4.46. The van der Waals surface area contributed by atoms with Crippen molar-refractivity contribution in [3.8, 4) is 0 Å². The molecule has 2 N–H and O–H groups in total. The molecule has 5 heteroatoms. The Hall–Kier alpha value is -2.04. The van der Waals surface area contributed by atoms with E-state index in [4.69, 9.17) is 9.84 Å². The molecule has 1 aromatic rings. The number of carbonyl (C=O) groups is 2. The molecule has 0 spiro atoms. The molecule has 2 unspecified atom stereocenters. The Labute approximate surface area is 137 Å². The summed E-state index contributed by atoms with van der Waals surface area (Å²) in [5.74, 6) is -0.108.